The van der Waals surface area contributed by atoms with Gasteiger partial charge in [-0.25, -0.2) is 0 Å². The second-order valence-corrected chi connectivity index (χ2v) is 6.87. The van der Waals surface area contributed by atoms with E-state index in [4.69, 9.17) is 4.74 Å². The quantitative estimate of drug-likeness (QED) is 0.835. The largest absolute Gasteiger partial charge is 0.491 e. The van der Waals surface area contributed by atoms with E-state index in [2.05, 4.69) is 30.0 Å². The molecule has 0 radical (unpaired) electrons. The summed E-state index contributed by atoms with van der Waals surface area (Å²) in [6.07, 6.45) is 2.75. The summed E-state index contributed by atoms with van der Waals surface area (Å²) in [4.78, 5) is 2.40. The van der Waals surface area contributed by atoms with Crippen LogP contribution in [0.3, 0.4) is 0 Å². The molecule has 2 atom stereocenters. The standard InChI is InChI=1S/C19H25NO2S/c1-2-10-20(11-12-22-16-9-13-23-14-16)18-8-7-15-5-3-4-6-17(15)19(18)21/h3-6,9,13-14,18-19,21H,2,7-8,10-12H2,1H3. The molecule has 1 N–H and O–H groups in total. The first-order chi connectivity index (χ1) is 11.3. The van der Waals surface area contributed by atoms with E-state index < -0.39 is 6.10 Å². The monoisotopic (exact) mass is 331 g/mol. The average molecular weight is 331 g/mol. The van der Waals surface area contributed by atoms with E-state index in [0.717, 1.165) is 43.7 Å². The number of hydrogen-bond donors (Lipinski definition) is 1. The molecular weight excluding hydrogens is 306 g/mol. The van der Waals surface area contributed by atoms with Crippen LogP contribution in [0.2, 0.25) is 0 Å². The Morgan fingerprint density at radius 3 is 2.91 bits per heavy atom. The predicted octanol–water partition coefficient (Wildman–Crippen LogP) is 3.89. The Bertz CT molecular complexity index is 599. The molecule has 1 heterocycles. The summed E-state index contributed by atoms with van der Waals surface area (Å²) in [5.41, 5.74) is 2.39. The lowest BCUT2D eigenvalue weighted by Gasteiger charge is -2.38. The van der Waals surface area contributed by atoms with Gasteiger partial charge in [-0.15, -0.1) is 11.3 Å². The summed E-state index contributed by atoms with van der Waals surface area (Å²) in [6.45, 7) is 4.71. The highest BCUT2D eigenvalue weighted by molar-refractivity contribution is 7.08. The molecule has 1 aromatic heterocycles. The summed E-state index contributed by atoms with van der Waals surface area (Å²) in [5.74, 6) is 0.945. The zero-order valence-electron chi connectivity index (χ0n) is 13.6. The lowest BCUT2D eigenvalue weighted by atomic mass is 9.85. The maximum Gasteiger partial charge on any atom is 0.130 e. The molecule has 0 aliphatic heterocycles. The fraction of sp³-hybridized carbons (Fsp3) is 0.474. The predicted molar refractivity (Wildman–Crippen MR) is 95.2 cm³/mol. The fourth-order valence-electron chi connectivity index (χ4n) is 3.45. The van der Waals surface area contributed by atoms with Crippen LogP contribution >= 0.6 is 11.3 Å². The minimum absolute atomic E-state index is 0.191. The van der Waals surface area contributed by atoms with Crippen molar-refractivity contribution in [1.29, 1.82) is 0 Å². The molecule has 2 unspecified atom stereocenters. The van der Waals surface area contributed by atoms with Crippen molar-refractivity contribution in [2.75, 3.05) is 19.7 Å². The average Bonchev–Trinajstić information content (AvgIpc) is 3.08. The highest BCUT2D eigenvalue weighted by Crippen LogP contribution is 2.32. The second kappa shape index (κ2) is 7.95. The number of ether oxygens (including phenoxy) is 1. The zero-order valence-corrected chi connectivity index (χ0v) is 14.5. The van der Waals surface area contributed by atoms with Crippen molar-refractivity contribution >= 4 is 11.3 Å². The van der Waals surface area contributed by atoms with Crippen LogP contribution in [0.1, 0.15) is 37.0 Å². The number of thiophene rings is 1. The molecule has 0 spiro atoms. The van der Waals surface area contributed by atoms with Crippen LogP contribution in [-0.2, 0) is 6.42 Å². The molecule has 0 saturated heterocycles. The summed E-state index contributed by atoms with van der Waals surface area (Å²) in [6, 6.07) is 10.5. The third-order valence-electron chi connectivity index (χ3n) is 4.57. The molecule has 3 nitrogen and oxygen atoms in total. The van der Waals surface area contributed by atoms with E-state index in [1.54, 1.807) is 11.3 Å². The first-order valence-electron chi connectivity index (χ1n) is 8.44. The van der Waals surface area contributed by atoms with E-state index >= 15 is 0 Å². The lowest BCUT2D eigenvalue weighted by molar-refractivity contribution is 0.0292. The van der Waals surface area contributed by atoms with Gasteiger partial charge in [-0.1, -0.05) is 31.2 Å². The van der Waals surface area contributed by atoms with Gasteiger partial charge in [-0.3, -0.25) is 4.90 Å². The van der Waals surface area contributed by atoms with Crippen molar-refractivity contribution in [3.63, 3.8) is 0 Å². The van der Waals surface area contributed by atoms with Gasteiger partial charge in [0.25, 0.3) is 0 Å². The third kappa shape index (κ3) is 3.94. The summed E-state index contributed by atoms with van der Waals surface area (Å²) < 4.78 is 5.81. The second-order valence-electron chi connectivity index (χ2n) is 6.09. The van der Waals surface area contributed by atoms with Gasteiger partial charge in [0, 0.05) is 18.0 Å². The zero-order chi connectivity index (χ0) is 16.1. The topological polar surface area (TPSA) is 32.7 Å². The maximum absolute atomic E-state index is 10.8. The van der Waals surface area contributed by atoms with E-state index in [1.807, 2.05) is 22.9 Å². The lowest BCUT2D eigenvalue weighted by Crippen LogP contribution is -2.44. The van der Waals surface area contributed by atoms with Crippen molar-refractivity contribution in [1.82, 2.24) is 4.90 Å². The highest BCUT2D eigenvalue weighted by atomic mass is 32.1. The normalized spacial score (nSPS) is 20.5. The molecule has 1 aliphatic carbocycles. The van der Waals surface area contributed by atoms with Crippen molar-refractivity contribution in [2.45, 2.75) is 38.3 Å². The van der Waals surface area contributed by atoms with Gasteiger partial charge < -0.3 is 9.84 Å². The van der Waals surface area contributed by atoms with Crippen LogP contribution in [-0.4, -0.2) is 35.7 Å². The molecular formula is C19H25NO2S. The number of aryl methyl sites for hydroxylation is 1. The fourth-order valence-corrected chi connectivity index (χ4v) is 4.02. The number of aliphatic hydroxyl groups excluding tert-OH is 1. The minimum atomic E-state index is -0.396. The summed E-state index contributed by atoms with van der Waals surface area (Å²) in [7, 11) is 0. The van der Waals surface area contributed by atoms with Crippen molar-refractivity contribution in [3.05, 3.63) is 52.2 Å². The van der Waals surface area contributed by atoms with Gasteiger partial charge in [0.15, 0.2) is 0 Å². The van der Waals surface area contributed by atoms with E-state index in [0.29, 0.717) is 6.61 Å². The molecule has 3 rings (SSSR count). The number of fused-ring (bicyclic) bond motifs is 1. The Hall–Kier alpha value is -1.36. The van der Waals surface area contributed by atoms with Crippen LogP contribution in [0, 0.1) is 0 Å². The number of aliphatic hydroxyl groups is 1. The molecule has 0 bridgehead atoms. The molecule has 0 fully saturated rings. The van der Waals surface area contributed by atoms with Gasteiger partial charge in [0.05, 0.1) is 6.10 Å². The summed E-state index contributed by atoms with van der Waals surface area (Å²) >= 11 is 1.65. The van der Waals surface area contributed by atoms with Crippen LogP contribution in [0.5, 0.6) is 5.75 Å². The Morgan fingerprint density at radius 1 is 1.26 bits per heavy atom. The molecule has 1 aliphatic rings. The Balaban J connectivity index is 1.63. The number of benzene rings is 1. The Kier molecular flexibility index (Phi) is 5.70. The smallest absolute Gasteiger partial charge is 0.130 e. The third-order valence-corrected chi connectivity index (χ3v) is 5.23. The maximum atomic E-state index is 10.8. The van der Waals surface area contributed by atoms with E-state index in [9.17, 15) is 5.11 Å². The number of nitrogens with zero attached hydrogens (tertiary/aromatic N) is 1. The van der Waals surface area contributed by atoms with Crippen LogP contribution in [0.25, 0.3) is 0 Å². The van der Waals surface area contributed by atoms with Gasteiger partial charge in [-0.2, -0.15) is 0 Å². The van der Waals surface area contributed by atoms with E-state index in [1.165, 1.54) is 5.56 Å². The van der Waals surface area contributed by atoms with Crippen LogP contribution < -0.4 is 4.74 Å². The molecule has 1 aromatic carbocycles. The first-order valence-corrected chi connectivity index (χ1v) is 9.38. The molecule has 124 valence electrons. The van der Waals surface area contributed by atoms with Gasteiger partial charge >= 0.3 is 0 Å². The number of rotatable bonds is 7. The van der Waals surface area contributed by atoms with Crippen molar-refractivity contribution in [2.24, 2.45) is 0 Å². The summed E-state index contributed by atoms with van der Waals surface area (Å²) in [5, 5.41) is 14.9. The minimum Gasteiger partial charge on any atom is -0.491 e. The van der Waals surface area contributed by atoms with Crippen LogP contribution in [0.4, 0.5) is 0 Å². The van der Waals surface area contributed by atoms with Crippen molar-refractivity contribution < 1.29 is 9.84 Å². The van der Waals surface area contributed by atoms with E-state index in [-0.39, 0.29) is 6.04 Å². The number of hydrogen-bond acceptors (Lipinski definition) is 4. The molecule has 4 heteroatoms. The molecule has 0 amide bonds. The van der Waals surface area contributed by atoms with Gasteiger partial charge in [-0.05, 0) is 48.4 Å². The van der Waals surface area contributed by atoms with Gasteiger partial charge in [0.1, 0.15) is 12.4 Å². The Labute approximate surface area is 142 Å². The molecule has 2 aromatic rings. The highest BCUT2D eigenvalue weighted by Gasteiger charge is 2.31. The Morgan fingerprint density at radius 2 is 2.13 bits per heavy atom. The van der Waals surface area contributed by atoms with Crippen LogP contribution in [0.15, 0.2) is 41.1 Å². The first kappa shape index (κ1) is 16.5. The molecule has 23 heavy (non-hydrogen) atoms. The SMILES string of the molecule is CCCN(CCOc1ccsc1)C1CCc2ccccc2C1O. The van der Waals surface area contributed by atoms with Gasteiger partial charge in [0.2, 0.25) is 0 Å². The molecule has 0 saturated carbocycles. The van der Waals surface area contributed by atoms with Crippen molar-refractivity contribution in [3.8, 4) is 5.75 Å².